The van der Waals surface area contributed by atoms with E-state index in [1.54, 1.807) is 0 Å². The summed E-state index contributed by atoms with van der Waals surface area (Å²) in [5, 5.41) is 0. The van der Waals surface area contributed by atoms with Crippen LogP contribution in [0.3, 0.4) is 0 Å². The van der Waals surface area contributed by atoms with Crippen LogP contribution in [0, 0.1) is 0 Å². The van der Waals surface area contributed by atoms with Gasteiger partial charge in [0.05, 0.1) is 6.61 Å². The van der Waals surface area contributed by atoms with E-state index < -0.39 is 6.10 Å². The fourth-order valence-corrected chi connectivity index (χ4v) is 5.28. The average Bonchev–Trinajstić information content (AvgIpc) is 3.20. The molecule has 0 rings (SSSR count). The quantitative estimate of drug-likeness (QED) is 0.0355. The summed E-state index contributed by atoms with van der Waals surface area (Å²) in [7, 11) is 0. The first-order valence-electron chi connectivity index (χ1n) is 22.1. The van der Waals surface area contributed by atoms with Gasteiger partial charge in [-0.2, -0.15) is 0 Å². The van der Waals surface area contributed by atoms with E-state index in [1.165, 1.54) is 12.8 Å². The fourth-order valence-electron chi connectivity index (χ4n) is 5.28. The molecule has 0 saturated carbocycles. The number of rotatable bonds is 38. The van der Waals surface area contributed by atoms with Crippen molar-refractivity contribution in [3.63, 3.8) is 0 Å². The minimum atomic E-state index is -0.586. The molecular weight excluding hydrogens is 693 g/mol. The number of allylic oxidation sites excluding steroid dienone is 20. The number of unbranched alkanes of at least 4 members (excludes halogenated alkanes) is 7. The van der Waals surface area contributed by atoms with Crippen LogP contribution in [-0.2, 0) is 23.8 Å². The third kappa shape index (κ3) is 43.0. The van der Waals surface area contributed by atoms with E-state index in [-0.39, 0.29) is 25.2 Å². The molecule has 56 heavy (non-hydrogen) atoms. The second kappa shape index (κ2) is 45.7. The molecule has 0 aliphatic heterocycles. The summed E-state index contributed by atoms with van der Waals surface area (Å²) in [5.74, 6) is -0.504. The van der Waals surface area contributed by atoms with Gasteiger partial charge in [-0.15, -0.1) is 0 Å². The predicted molar refractivity (Wildman–Crippen MR) is 242 cm³/mol. The molecule has 1 atom stereocenters. The average molecular weight is 773 g/mol. The Balaban J connectivity index is 4.28. The summed E-state index contributed by atoms with van der Waals surface area (Å²) in [6.45, 7) is 7.30. The van der Waals surface area contributed by atoms with E-state index in [2.05, 4.69) is 142 Å². The lowest BCUT2D eigenvalue weighted by Gasteiger charge is -2.18. The summed E-state index contributed by atoms with van der Waals surface area (Å²) in [6, 6.07) is 0. The zero-order valence-corrected chi connectivity index (χ0v) is 35.8. The monoisotopic (exact) mass is 773 g/mol. The molecule has 0 aromatic carbocycles. The molecule has 0 spiro atoms. The van der Waals surface area contributed by atoms with Gasteiger partial charge in [-0.05, 0) is 103 Å². The normalized spacial score (nSPS) is 13.4. The van der Waals surface area contributed by atoms with Gasteiger partial charge in [-0.25, -0.2) is 0 Å². The summed E-state index contributed by atoms with van der Waals surface area (Å²) in [6.07, 6.45) is 63.8. The SMILES string of the molecule is CC/C=C\C/C=C\C/C=C\C/C=C\C/C=C\C/C=C\CCCOCC(COC(=O)CCCC/C=C\C/C=C\C/C=C\C/C=C\CC)OC(=O)CCCCCCC. The number of carbonyl (C=O) groups excluding carboxylic acids is 2. The number of hydrogen-bond donors (Lipinski definition) is 0. The van der Waals surface area contributed by atoms with Crippen molar-refractivity contribution in [1.29, 1.82) is 0 Å². The van der Waals surface area contributed by atoms with E-state index in [1.807, 2.05) is 0 Å². The molecule has 0 aliphatic rings. The molecule has 5 heteroatoms. The van der Waals surface area contributed by atoms with Crippen molar-refractivity contribution in [2.45, 2.75) is 168 Å². The number of ether oxygens (including phenoxy) is 3. The Labute approximate surface area is 344 Å². The van der Waals surface area contributed by atoms with Crippen molar-refractivity contribution < 1.29 is 23.8 Å². The molecule has 0 aromatic rings. The van der Waals surface area contributed by atoms with Gasteiger partial charge in [-0.3, -0.25) is 9.59 Å². The molecule has 0 bridgehead atoms. The predicted octanol–water partition coefficient (Wildman–Crippen LogP) is 14.7. The standard InChI is InChI=1S/C51H80O5/c1-4-7-10-13-15-17-19-21-23-24-25-26-27-29-31-33-35-37-40-43-46-54-47-49(56-51(53)45-42-38-12-9-6-3)48-55-50(52)44-41-39-36-34-32-30-28-22-20-18-16-14-11-8-5-2/h7-8,10-11,15-18,21-23,25-26,28-29,31-32,34-35,37,49H,4-6,9,12-14,19-20,24,27,30,33,36,38-48H2,1-3H3/b10-7-,11-8-,17-15-,18-16-,23-21-,26-25-,28-22-,31-29-,34-32-,37-35-. The first kappa shape index (κ1) is 52.3. The highest BCUT2D eigenvalue weighted by Crippen LogP contribution is 2.09. The molecule has 0 fully saturated rings. The lowest BCUT2D eigenvalue weighted by atomic mass is 10.1. The summed E-state index contributed by atoms with van der Waals surface area (Å²) < 4.78 is 17.1. The van der Waals surface area contributed by atoms with Crippen LogP contribution in [0.2, 0.25) is 0 Å². The Kier molecular flexibility index (Phi) is 42.7. The van der Waals surface area contributed by atoms with E-state index in [4.69, 9.17) is 14.2 Å². The highest BCUT2D eigenvalue weighted by atomic mass is 16.6. The van der Waals surface area contributed by atoms with E-state index >= 15 is 0 Å². The Morgan fingerprint density at radius 3 is 1.27 bits per heavy atom. The maximum Gasteiger partial charge on any atom is 0.306 e. The van der Waals surface area contributed by atoms with Gasteiger partial charge < -0.3 is 14.2 Å². The van der Waals surface area contributed by atoms with Crippen LogP contribution in [0.4, 0.5) is 0 Å². The Morgan fingerprint density at radius 1 is 0.411 bits per heavy atom. The molecule has 0 heterocycles. The molecule has 0 aromatic heterocycles. The maximum absolute atomic E-state index is 12.5. The van der Waals surface area contributed by atoms with Crippen LogP contribution in [0.15, 0.2) is 122 Å². The van der Waals surface area contributed by atoms with Crippen molar-refractivity contribution in [2.24, 2.45) is 0 Å². The molecule has 314 valence electrons. The lowest BCUT2D eigenvalue weighted by Crippen LogP contribution is -2.30. The van der Waals surface area contributed by atoms with E-state index in [0.29, 0.717) is 19.4 Å². The van der Waals surface area contributed by atoms with Crippen molar-refractivity contribution in [1.82, 2.24) is 0 Å². The van der Waals surface area contributed by atoms with Crippen LogP contribution in [0.5, 0.6) is 0 Å². The second-order valence-corrected chi connectivity index (χ2v) is 13.8. The molecule has 0 aliphatic carbocycles. The largest absolute Gasteiger partial charge is 0.462 e. The van der Waals surface area contributed by atoms with Crippen molar-refractivity contribution in [3.8, 4) is 0 Å². The molecule has 0 amide bonds. The Morgan fingerprint density at radius 2 is 0.804 bits per heavy atom. The van der Waals surface area contributed by atoms with Crippen LogP contribution in [0.1, 0.15) is 162 Å². The van der Waals surface area contributed by atoms with Gasteiger partial charge in [0.1, 0.15) is 6.61 Å². The van der Waals surface area contributed by atoms with Gasteiger partial charge in [0.15, 0.2) is 6.10 Å². The van der Waals surface area contributed by atoms with Crippen LogP contribution >= 0.6 is 0 Å². The van der Waals surface area contributed by atoms with Crippen molar-refractivity contribution in [2.75, 3.05) is 19.8 Å². The van der Waals surface area contributed by atoms with Gasteiger partial charge >= 0.3 is 11.9 Å². The summed E-state index contributed by atoms with van der Waals surface area (Å²) in [4.78, 5) is 25.0. The first-order valence-corrected chi connectivity index (χ1v) is 22.1. The van der Waals surface area contributed by atoms with Gasteiger partial charge in [0.2, 0.25) is 0 Å². The molecule has 1 unspecified atom stereocenters. The zero-order chi connectivity index (χ0) is 40.7. The molecule has 5 nitrogen and oxygen atoms in total. The van der Waals surface area contributed by atoms with Crippen LogP contribution in [-0.4, -0.2) is 37.9 Å². The highest BCUT2D eigenvalue weighted by molar-refractivity contribution is 5.70. The fraction of sp³-hybridized carbons (Fsp3) is 0.569. The van der Waals surface area contributed by atoms with E-state index in [0.717, 1.165) is 116 Å². The molecule has 0 N–H and O–H groups in total. The molecule has 0 saturated heterocycles. The third-order valence-electron chi connectivity index (χ3n) is 8.49. The van der Waals surface area contributed by atoms with Crippen molar-refractivity contribution >= 4 is 11.9 Å². The van der Waals surface area contributed by atoms with Crippen LogP contribution in [0.25, 0.3) is 0 Å². The summed E-state index contributed by atoms with van der Waals surface area (Å²) >= 11 is 0. The van der Waals surface area contributed by atoms with E-state index in [9.17, 15) is 9.59 Å². The second-order valence-electron chi connectivity index (χ2n) is 13.8. The minimum absolute atomic E-state index is 0.0322. The number of hydrogen-bond acceptors (Lipinski definition) is 5. The maximum atomic E-state index is 12.5. The van der Waals surface area contributed by atoms with Crippen LogP contribution < -0.4 is 0 Å². The smallest absolute Gasteiger partial charge is 0.306 e. The minimum Gasteiger partial charge on any atom is -0.462 e. The number of esters is 2. The topological polar surface area (TPSA) is 61.8 Å². The van der Waals surface area contributed by atoms with Gasteiger partial charge in [-0.1, -0.05) is 168 Å². The summed E-state index contributed by atoms with van der Waals surface area (Å²) in [5.41, 5.74) is 0. The van der Waals surface area contributed by atoms with Gasteiger partial charge in [0.25, 0.3) is 0 Å². The first-order chi connectivity index (χ1) is 27.6. The van der Waals surface area contributed by atoms with Gasteiger partial charge in [0, 0.05) is 19.4 Å². The lowest BCUT2D eigenvalue weighted by molar-refractivity contribution is -0.163. The Hall–Kier alpha value is -3.70. The Bertz CT molecular complexity index is 1190. The number of carbonyl (C=O) groups is 2. The molecule has 0 radical (unpaired) electrons. The third-order valence-corrected chi connectivity index (χ3v) is 8.49. The highest BCUT2D eigenvalue weighted by Gasteiger charge is 2.17. The molecular formula is C51H80O5. The zero-order valence-electron chi connectivity index (χ0n) is 35.8. The van der Waals surface area contributed by atoms with Crippen molar-refractivity contribution in [3.05, 3.63) is 122 Å².